The fourth-order valence-corrected chi connectivity index (χ4v) is 4.11. The van der Waals surface area contributed by atoms with E-state index >= 15 is 0 Å². The van der Waals surface area contributed by atoms with Crippen LogP contribution in [0.2, 0.25) is 0 Å². The van der Waals surface area contributed by atoms with Gasteiger partial charge in [0.25, 0.3) is 15.9 Å². The number of anilines is 2. The van der Waals surface area contributed by atoms with Crippen LogP contribution >= 0.6 is 0 Å². The number of sulfonamides is 1. The van der Waals surface area contributed by atoms with Gasteiger partial charge in [0.2, 0.25) is 0 Å². The van der Waals surface area contributed by atoms with Gasteiger partial charge in [0.05, 0.1) is 16.5 Å². The Labute approximate surface area is 187 Å². The average Bonchev–Trinajstić information content (AvgIpc) is 2.75. The molecule has 0 aliphatic carbocycles. The van der Waals surface area contributed by atoms with Gasteiger partial charge in [-0.1, -0.05) is 12.1 Å². The SMILES string of the molecule is Cc1ccc(NS(=O)(=O)c2ccc(OCC(=O)Nc3cccc(C#N)c3)c(C)c2)cc1C. The number of hydrogen-bond acceptors (Lipinski definition) is 5. The standard InChI is InChI=1S/C24H23N3O4S/c1-16-7-8-21(11-17(16)2)27-32(29,30)22-9-10-23(18(3)12-22)31-15-24(28)26-20-6-4-5-19(13-20)14-25/h4-13,27H,15H2,1-3H3,(H,26,28). The van der Waals surface area contributed by atoms with Gasteiger partial charge in [-0.2, -0.15) is 5.26 Å². The molecule has 3 aromatic rings. The fraction of sp³-hybridized carbons (Fsp3) is 0.167. The van der Waals surface area contributed by atoms with Gasteiger partial charge >= 0.3 is 0 Å². The van der Waals surface area contributed by atoms with Crippen LogP contribution in [0, 0.1) is 32.1 Å². The number of amides is 1. The van der Waals surface area contributed by atoms with Crippen LogP contribution in [0.15, 0.2) is 65.6 Å². The van der Waals surface area contributed by atoms with Crippen molar-refractivity contribution < 1.29 is 17.9 Å². The van der Waals surface area contributed by atoms with Crippen molar-refractivity contribution in [3.63, 3.8) is 0 Å². The smallest absolute Gasteiger partial charge is 0.262 e. The quantitative estimate of drug-likeness (QED) is 0.559. The maximum absolute atomic E-state index is 12.7. The van der Waals surface area contributed by atoms with E-state index in [0.717, 1.165) is 11.1 Å². The molecular formula is C24H23N3O4S. The van der Waals surface area contributed by atoms with Crippen LogP contribution in [0.3, 0.4) is 0 Å². The number of carbonyl (C=O) groups is 1. The summed E-state index contributed by atoms with van der Waals surface area (Å²) in [4.78, 5) is 12.2. The van der Waals surface area contributed by atoms with Crippen molar-refractivity contribution >= 4 is 27.3 Å². The van der Waals surface area contributed by atoms with Gasteiger partial charge in [0.15, 0.2) is 6.61 Å². The largest absolute Gasteiger partial charge is 0.483 e. The summed E-state index contributed by atoms with van der Waals surface area (Å²) in [6.07, 6.45) is 0. The molecule has 0 heterocycles. The third-order valence-electron chi connectivity index (χ3n) is 4.85. The zero-order valence-electron chi connectivity index (χ0n) is 18.0. The number of carbonyl (C=O) groups excluding carboxylic acids is 1. The number of nitrogens with zero attached hydrogens (tertiary/aromatic N) is 1. The molecule has 3 rings (SSSR count). The van der Waals surface area contributed by atoms with E-state index in [0.29, 0.717) is 28.3 Å². The van der Waals surface area contributed by atoms with E-state index in [-0.39, 0.29) is 11.5 Å². The van der Waals surface area contributed by atoms with Gasteiger partial charge < -0.3 is 10.1 Å². The van der Waals surface area contributed by atoms with Crippen LogP contribution in [-0.4, -0.2) is 20.9 Å². The second-order valence-corrected chi connectivity index (χ2v) is 9.04. The topological polar surface area (TPSA) is 108 Å². The predicted octanol–water partition coefficient (Wildman–Crippen LogP) is 4.30. The number of hydrogen-bond donors (Lipinski definition) is 2. The van der Waals surface area contributed by atoms with Crippen LogP contribution in [-0.2, 0) is 14.8 Å². The first-order chi connectivity index (χ1) is 15.2. The van der Waals surface area contributed by atoms with Crippen LogP contribution in [0.5, 0.6) is 5.75 Å². The zero-order chi connectivity index (χ0) is 23.3. The summed E-state index contributed by atoms with van der Waals surface area (Å²) in [5.74, 6) is 0.00338. The molecule has 164 valence electrons. The predicted molar refractivity (Wildman–Crippen MR) is 123 cm³/mol. The Morgan fingerprint density at radius 3 is 2.41 bits per heavy atom. The number of ether oxygens (including phenoxy) is 1. The molecule has 8 heteroatoms. The van der Waals surface area contributed by atoms with Crippen molar-refractivity contribution in [3.8, 4) is 11.8 Å². The highest BCUT2D eigenvalue weighted by atomic mass is 32.2. The first kappa shape index (κ1) is 22.8. The van der Waals surface area contributed by atoms with E-state index in [1.165, 1.54) is 18.2 Å². The molecule has 0 bridgehead atoms. The second kappa shape index (κ2) is 9.54. The van der Waals surface area contributed by atoms with Crippen LogP contribution < -0.4 is 14.8 Å². The van der Waals surface area contributed by atoms with Crippen LogP contribution in [0.4, 0.5) is 11.4 Å². The molecule has 0 radical (unpaired) electrons. The van der Waals surface area contributed by atoms with Crippen molar-refractivity contribution in [1.29, 1.82) is 5.26 Å². The molecule has 0 aliphatic heterocycles. The number of nitriles is 1. The number of aryl methyl sites for hydroxylation is 3. The summed E-state index contributed by atoms with van der Waals surface area (Å²) in [5.41, 5.74) is 4.06. The normalized spacial score (nSPS) is 10.8. The first-order valence-corrected chi connectivity index (χ1v) is 11.3. The lowest BCUT2D eigenvalue weighted by molar-refractivity contribution is -0.118. The monoisotopic (exact) mass is 449 g/mol. The molecule has 1 amide bonds. The minimum absolute atomic E-state index is 0.0957. The molecule has 3 aromatic carbocycles. The molecular weight excluding hydrogens is 426 g/mol. The highest BCUT2D eigenvalue weighted by molar-refractivity contribution is 7.92. The number of benzene rings is 3. The molecule has 0 atom stereocenters. The highest BCUT2D eigenvalue weighted by Crippen LogP contribution is 2.24. The van der Waals surface area contributed by atoms with Gasteiger partial charge in [-0.15, -0.1) is 0 Å². The first-order valence-electron chi connectivity index (χ1n) is 9.81. The Bertz CT molecular complexity index is 1310. The third kappa shape index (κ3) is 5.65. The lowest BCUT2D eigenvalue weighted by Crippen LogP contribution is -2.20. The molecule has 0 saturated carbocycles. The van der Waals surface area contributed by atoms with Crippen molar-refractivity contribution in [1.82, 2.24) is 0 Å². The minimum atomic E-state index is -3.77. The Morgan fingerprint density at radius 1 is 0.938 bits per heavy atom. The number of nitrogens with one attached hydrogen (secondary N) is 2. The van der Waals surface area contributed by atoms with Crippen LogP contribution in [0.25, 0.3) is 0 Å². The van der Waals surface area contributed by atoms with Crippen molar-refractivity contribution in [2.75, 3.05) is 16.6 Å². The Morgan fingerprint density at radius 2 is 1.72 bits per heavy atom. The lowest BCUT2D eigenvalue weighted by Gasteiger charge is -2.13. The maximum Gasteiger partial charge on any atom is 0.262 e. The van der Waals surface area contributed by atoms with E-state index in [2.05, 4.69) is 10.0 Å². The Kier molecular flexibility index (Phi) is 6.81. The summed E-state index contributed by atoms with van der Waals surface area (Å²) in [7, 11) is -3.77. The van der Waals surface area contributed by atoms with Gasteiger partial charge in [0.1, 0.15) is 5.75 Å². The molecule has 32 heavy (non-hydrogen) atoms. The molecule has 0 spiro atoms. The van der Waals surface area contributed by atoms with E-state index in [1.54, 1.807) is 43.3 Å². The maximum atomic E-state index is 12.7. The van der Waals surface area contributed by atoms with E-state index in [9.17, 15) is 13.2 Å². The molecule has 7 nitrogen and oxygen atoms in total. The summed E-state index contributed by atoms with van der Waals surface area (Å²) in [6, 6.07) is 18.4. The van der Waals surface area contributed by atoms with Gasteiger partial charge in [-0.05, 0) is 86.0 Å². The summed E-state index contributed by atoms with van der Waals surface area (Å²) in [5, 5.41) is 11.6. The molecule has 0 aromatic heterocycles. The van der Waals surface area contributed by atoms with Crippen molar-refractivity contribution in [3.05, 3.63) is 82.9 Å². The lowest BCUT2D eigenvalue weighted by atomic mass is 10.1. The zero-order valence-corrected chi connectivity index (χ0v) is 18.8. The van der Waals surface area contributed by atoms with Gasteiger partial charge in [-0.25, -0.2) is 8.42 Å². The van der Waals surface area contributed by atoms with E-state index < -0.39 is 15.9 Å². The van der Waals surface area contributed by atoms with Crippen molar-refractivity contribution in [2.24, 2.45) is 0 Å². The summed E-state index contributed by atoms with van der Waals surface area (Å²) >= 11 is 0. The van der Waals surface area contributed by atoms with E-state index in [4.69, 9.17) is 10.00 Å². The molecule has 0 saturated heterocycles. The second-order valence-electron chi connectivity index (χ2n) is 7.36. The van der Waals surface area contributed by atoms with Gasteiger partial charge in [-0.3, -0.25) is 9.52 Å². The molecule has 0 unspecified atom stereocenters. The summed E-state index contributed by atoms with van der Waals surface area (Å²) in [6.45, 7) is 5.32. The molecule has 0 fully saturated rings. The van der Waals surface area contributed by atoms with Crippen molar-refractivity contribution in [2.45, 2.75) is 25.7 Å². The summed E-state index contributed by atoms with van der Waals surface area (Å²) < 4.78 is 33.6. The minimum Gasteiger partial charge on any atom is -0.483 e. The third-order valence-corrected chi connectivity index (χ3v) is 6.23. The fourth-order valence-electron chi connectivity index (χ4n) is 2.98. The average molecular weight is 450 g/mol. The van der Waals surface area contributed by atoms with Crippen LogP contribution in [0.1, 0.15) is 22.3 Å². The number of rotatable bonds is 7. The molecule has 0 aliphatic rings. The molecule has 2 N–H and O–H groups in total. The van der Waals surface area contributed by atoms with E-state index in [1.807, 2.05) is 26.0 Å². The Hall–Kier alpha value is -3.83. The van der Waals surface area contributed by atoms with Gasteiger partial charge in [0, 0.05) is 11.4 Å². The highest BCUT2D eigenvalue weighted by Gasteiger charge is 2.16. The Balaban J connectivity index is 1.65.